The molecule has 1 aromatic rings. The summed E-state index contributed by atoms with van der Waals surface area (Å²) < 4.78 is 26.8. The Bertz CT molecular complexity index is 541. The van der Waals surface area contributed by atoms with Crippen molar-refractivity contribution >= 4 is 34.0 Å². The number of likely N-dealkylation sites (tertiary alicyclic amines) is 1. The minimum atomic E-state index is -3.42. The Morgan fingerprint density at radius 3 is 2.41 bits per heavy atom. The first kappa shape index (κ1) is 19.7. The van der Waals surface area contributed by atoms with E-state index in [1.807, 2.05) is 0 Å². The van der Waals surface area contributed by atoms with E-state index in [1.54, 1.807) is 12.1 Å². The third-order valence-corrected chi connectivity index (χ3v) is 5.67. The van der Waals surface area contributed by atoms with Gasteiger partial charge in [0.2, 0.25) is 10.0 Å². The number of piperidine rings is 1. The molecule has 0 atom stereocenters. The molecule has 0 bridgehead atoms. The highest BCUT2D eigenvalue weighted by atomic mass is 35.5. The molecule has 1 N–H and O–H groups in total. The van der Waals surface area contributed by atoms with Gasteiger partial charge in [0.05, 0.1) is 4.90 Å². The second kappa shape index (κ2) is 9.08. The summed E-state index contributed by atoms with van der Waals surface area (Å²) in [6, 6.07) is 6.23. The van der Waals surface area contributed by atoms with E-state index in [1.165, 1.54) is 25.0 Å². The topological polar surface area (TPSA) is 49.4 Å². The van der Waals surface area contributed by atoms with Crippen LogP contribution >= 0.6 is 24.0 Å². The number of nitrogens with zero attached hydrogens (tertiary/aromatic N) is 1. The number of hydrogen-bond acceptors (Lipinski definition) is 3. The van der Waals surface area contributed by atoms with Gasteiger partial charge in [-0.2, -0.15) is 0 Å². The number of hydrogen-bond donors (Lipinski definition) is 1. The van der Waals surface area contributed by atoms with Gasteiger partial charge in [-0.25, -0.2) is 13.1 Å². The van der Waals surface area contributed by atoms with Crippen molar-refractivity contribution in [2.24, 2.45) is 5.92 Å². The van der Waals surface area contributed by atoms with Crippen molar-refractivity contribution in [3.63, 3.8) is 0 Å². The van der Waals surface area contributed by atoms with Gasteiger partial charge in [-0.15, -0.1) is 12.4 Å². The molecule has 0 saturated carbocycles. The molecule has 1 fully saturated rings. The van der Waals surface area contributed by atoms with E-state index in [4.69, 9.17) is 11.6 Å². The predicted molar refractivity (Wildman–Crippen MR) is 93.3 cm³/mol. The lowest BCUT2D eigenvalue weighted by molar-refractivity contribution is 0.191. The van der Waals surface area contributed by atoms with Gasteiger partial charge in [0.25, 0.3) is 0 Å². The molecule has 0 unspecified atom stereocenters. The molecular formula is C15H24Cl2N2O2S. The first-order chi connectivity index (χ1) is 9.97. The molecule has 0 amide bonds. The summed E-state index contributed by atoms with van der Waals surface area (Å²) in [4.78, 5) is 2.68. The summed E-state index contributed by atoms with van der Waals surface area (Å²) in [6.45, 7) is 5.97. The van der Waals surface area contributed by atoms with Gasteiger partial charge in [0, 0.05) is 11.6 Å². The molecular weight excluding hydrogens is 343 g/mol. The van der Waals surface area contributed by atoms with Crippen LogP contribution in [0.15, 0.2) is 29.2 Å². The lowest BCUT2D eigenvalue weighted by Gasteiger charge is -2.30. The van der Waals surface area contributed by atoms with Gasteiger partial charge < -0.3 is 4.90 Å². The summed E-state index contributed by atoms with van der Waals surface area (Å²) in [5.74, 6) is 0.824. The molecule has 0 radical (unpaired) electrons. The Morgan fingerprint density at radius 2 is 1.82 bits per heavy atom. The average molecular weight is 367 g/mol. The SMILES string of the molecule is CC1CCN(CCCNS(=O)(=O)c2ccc(Cl)cc2)CC1.Cl. The Kier molecular flexibility index (Phi) is 8.14. The second-order valence-electron chi connectivity index (χ2n) is 5.73. The van der Waals surface area contributed by atoms with E-state index in [2.05, 4.69) is 16.5 Å². The lowest BCUT2D eigenvalue weighted by Crippen LogP contribution is -2.35. The van der Waals surface area contributed by atoms with Crippen molar-refractivity contribution in [2.45, 2.75) is 31.1 Å². The highest BCUT2D eigenvalue weighted by molar-refractivity contribution is 7.89. The fourth-order valence-electron chi connectivity index (χ4n) is 2.49. The van der Waals surface area contributed by atoms with E-state index in [9.17, 15) is 8.42 Å². The predicted octanol–water partition coefficient (Wildman–Crippen LogP) is 3.16. The van der Waals surface area contributed by atoms with Crippen LogP contribution in [0, 0.1) is 5.92 Å². The smallest absolute Gasteiger partial charge is 0.240 e. The van der Waals surface area contributed by atoms with Gasteiger partial charge >= 0.3 is 0 Å². The molecule has 1 saturated heterocycles. The van der Waals surface area contributed by atoms with Gasteiger partial charge in [-0.1, -0.05) is 18.5 Å². The molecule has 0 aromatic heterocycles. The minimum Gasteiger partial charge on any atom is -0.303 e. The molecule has 0 spiro atoms. The monoisotopic (exact) mass is 366 g/mol. The second-order valence-corrected chi connectivity index (χ2v) is 7.93. The van der Waals surface area contributed by atoms with E-state index in [-0.39, 0.29) is 17.3 Å². The van der Waals surface area contributed by atoms with Gasteiger partial charge in [0.15, 0.2) is 0 Å². The zero-order valence-electron chi connectivity index (χ0n) is 12.8. The lowest BCUT2D eigenvalue weighted by atomic mass is 9.99. The minimum absolute atomic E-state index is 0. The fraction of sp³-hybridized carbons (Fsp3) is 0.600. The van der Waals surface area contributed by atoms with Crippen molar-refractivity contribution in [1.29, 1.82) is 0 Å². The van der Waals surface area contributed by atoms with Crippen LogP contribution in [0.25, 0.3) is 0 Å². The first-order valence-electron chi connectivity index (χ1n) is 7.45. The summed E-state index contributed by atoms with van der Waals surface area (Å²) >= 11 is 5.76. The average Bonchev–Trinajstić information content (AvgIpc) is 2.46. The van der Waals surface area contributed by atoms with Crippen molar-refractivity contribution < 1.29 is 8.42 Å². The van der Waals surface area contributed by atoms with Gasteiger partial charge in [-0.3, -0.25) is 0 Å². The van der Waals surface area contributed by atoms with Crippen LogP contribution < -0.4 is 4.72 Å². The molecule has 22 heavy (non-hydrogen) atoms. The molecule has 2 rings (SSSR count). The van der Waals surface area contributed by atoms with Crippen LogP contribution in [0.4, 0.5) is 0 Å². The quantitative estimate of drug-likeness (QED) is 0.786. The van der Waals surface area contributed by atoms with Crippen LogP contribution in [0.1, 0.15) is 26.2 Å². The Morgan fingerprint density at radius 1 is 1.23 bits per heavy atom. The van der Waals surface area contributed by atoms with Crippen LogP contribution in [-0.4, -0.2) is 39.5 Å². The maximum Gasteiger partial charge on any atom is 0.240 e. The van der Waals surface area contributed by atoms with E-state index < -0.39 is 10.0 Å². The number of halogens is 2. The molecule has 126 valence electrons. The maximum atomic E-state index is 12.1. The summed E-state index contributed by atoms with van der Waals surface area (Å²) in [7, 11) is -3.42. The zero-order chi connectivity index (χ0) is 15.3. The largest absolute Gasteiger partial charge is 0.303 e. The molecule has 0 aliphatic carbocycles. The van der Waals surface area contributed by atoms with Crippen molar-refractivity contribution in [2.75, 3.05) is 26.2 Å². The van der Waals surface area contributed by atoms with E-state index >= 15 is 0 Å². The molecule has 4 nitrogen and oxygen atoms in total. The molecule has 1 aliphatic heterocycles. The van der Waals surface area contributed by atoms with E-state index in [0.29, 0.717) is 11.6 Å². The number of sulfonamides is 1. The van der Waals surface area contributed by atoms with Crippen molar-refractivity contribution in [1.82, 2.24) is 9.62 Å². The van der Waals surface area contributed by atoms with Crippen LogP contribution in [-0.2, 0) is 10.0 Å². The summed E-state index contributed by atoms with van der Waals surface area (Å²) in [5, 5.41) is 0.535. The Labute approximate surface area is 144 Å². The normalized spacial score (nSPS) is 17.2. The zero-order valence-corrected chi connectivity index (χ0v) is 15.2. The van der Waals surface area contributed by atoms with Gasteiger partial charge in [0.1, 0.15) is 0 Å². The number of benzene rings is 1. The van der Waals surface area contributed by atoms with Gasteiger partial charge in [-0.05, 0) is 69.1 Å². The first-order valence-corrected chi connectivity index (χ1v) is 9.31. The summed E-state index contributed by atoms with van der Waals surface area (Å²) in [5.41, 5.74) is 0. The molecule has 1 aromatic carbocycles. The summed E-state index contributed by atoms with van der Waals surface area (Å²) in [6.07, 6.45) is 3.33. The van der Waals surface area contributed by atoms with E-state index in [0.717, 1.165) is 32.0 Å². The Hall–Kier alpha value is -0.330. The molecule has 7 heteroatoms. The number of nitrogens with one attached hydrogen (secondary N) is 1. The highest BCUT2D eigenvalue weighted by Crippen LogP contribution is 2.16. The highest BCUT2D eigenvalue weighted by Gasteiger charge is 2.16. The molecule has 1 aliphatic rings. The third kappa shape index (κ3) is 6.05. The Balaban J connectivity index is 0.00000242. The van der Waals surface area contributed by atoms with Crippen molar-refractivity contribution in [3.8, 4) is 0 Å². The van der Waals surface area contributed by atoms with Crippen molar-refractivity contribution in [3.05, 3.63) is 29.3 Å². The van der Waals surface area contributed by atoms with Crippen LogP contribution in [0.3, 0.4) is 0 Å². The fourth-order valence-corrected chi connectivity index (χ4v) is 3.69. The third-order valence-electron chi connectivity index (χ3n) is 3.94. The number of rotatable bonds is 6. The van der Waals surface area contributed by atoms with Crippen LogP contribution in [0.2, 0.25) is 5.02 Å². The molecule has 1 heterocycles. The maximum absolute atomic E-state index is 12.1. The van der Waals surface area contributed by atoms with Crippen LogP contribution in [0.5, 0.6) is 0 Å². The standard InChI is InChI=1S/C15H23ClN2O2S.ClH/c1-13-7-11-18(12-8-13)10-2-9-17-21(19,20)15-5-3-14(16)4-6-15;/h3-6,13,17H,2,7-12H2,1H3;1H.